The number of hydrogen-bond donors (Lipinski definition) is 3. The molecule has 7 heteroatoms. The van der Waals surface area contributed by atoms with Crippen molar-refractivity contribution in [1.82, 2.24) is 10.6 Å². The number of nitrogens with zero attached hydrogens (tertiary/aromatic N) is 1. The second-order valence-electron chi connectivity index (χ2n) is 5.20. The summed E-state index contributed by atoms with van der Waals surface area (Å²) in [6.07, 6.45) is 0. The van der Waals surface area contributed by atoms with Gasteiger partial charge in [-0.1, -0.05) is 30.3 Å². The number of alkyl halides is 2. The summed E-state index contributed by atoms with van der Waals surface area (Å²) in [5, 5.41) is 15.5. The van der Waals surface area contributed by atoms with Gasteiger partial charge in [-0.2, -0.15) is 8.78 Å². The number of ether oxygens (including phenoxy) is 1. The van der Waals surface area contributed by atoms with Gasteiger partial charge < -0.3 is 20.5 Å². The molecule has 5 nitrogen and oxygen atoms in total. The molecule has 2 aromatic carbocycles. The van der Waals surface area contributed by atoms with E-state index in [0.29, 0.717) is 31.2 Å². The average Bonchev–Trinajstić information content (AvgIpc) is 2.59. The number of para-hydroxylation sites is 1. The molecule has 134 valence electrons. The number of phenols is 1. The number of aromatic hydroxyl groups is 1. The summed E-state index contributed by atoms with van der Waals surface area (Å²) in [7, 11) is 0. The molecule has 0 atom stereocenters. The second-order valence-corrected chi connectivity index (χ2v) is 5.20. The molecule has 2 rings (SSSR count). The predicted octanol–water partition coefficient (Wildman–Crippen LogP) is 3.25. The fourth-order valence-electron chi connectivity index (χ4n) is 2.15. The molecule has 0 heterocycles. The summed E-state index contributed by atoms with van der Waals surface area (Å²) in [4.78, 5) is 4.44. The SMILES string of the molecule is CCNC(=NCc1ccc(O)cc1)NCc1ccccc1OC(F)F. The number of halogens is 2. The van der Waals surface area contributed by atoms with Crippen molar-refractivity contribution in [1.29, 1.82) is 0 Å². The molecule has 0 radical (unpaired) electrons. The van der Waals surface area contributed by atoms with Crippen molar-refractivity contribution in [3.63, 3.8) is 0 Å². The summed E-state index contributed by atoms with van der Waals surface area (Å²) in [6.45, 7) is 0.453. The molecule has 3 N–H and O–H groups in total. The summed E-state index contributed by atoms with van der Waals surface area (Å²) in [5.74, 6) is 0.898. The Balaban J connectivity index is 2.01. The Morgan fingerprint density at radius 3 is 2.52 bits per heavy atom. The first-order chi connectivity index (χ1) is 12.1. The van der Waals surface area contributed by atoms with E-state index in [4.69, 9.17) is 0 Å². The van der Waals surface area contributed by atoms with Gasteiger partial charge in [-0.15, -0.1) is 0 Å². The minimum absolute atomic E-state index is 0.138. The molecule has 0 amide bonds. The van der Waals surface area contributed by atoms with Gasteiger partial charge >= 0.3 is 6.61 Å². The molecule has 0 unspecified atom stereocenters. The number of nitrogens with one attached hydrogen (secondary N) is 2. The molecule has 0 aliphatic rings. The van der Waals surface area contributed by atoms with E-state index >= 15 is 0 Å². The Bertz CT molecular complexity index is 691. The van der Waals surface area contributed by atoms with Crippen LogP contribution in [-0.2, 0) is 13.1 Å². The minimum atomic E-state index is -2.86. The molecular formula is C18H21F2N3O2. The lowest BCUT2D eigenvalue weighted by Crippen LogP contribution is -2.36. The van der Waals surface area contributed by atoms with Gasteiger partial charge in [0.25, 0.3) is 0 Å². The van der Waals surface area contributed by atoms with E-state index in [2.05, 4.69) is 20.4 Å². The molecule has 25 heavy (non-hydrogen) atoms. The van der Waals surface area contributed by atoms with Crippen LogP contribution < -0.4 is 15.4 Å². The number of guanidine groups is 1. The zero-order valence-corrected chi connectivity index (χ0v) is 13.9. The number of aliphatic imine (C=N–C) groups is 1. The van der Waals surface area contributed by atoms with Gasteiger partial charge in [-0.25, -0.2) is 4.99 Å². The lowest BCUT2D eigenvalue weighted by Gasteiger charge is -2.14. The first kappa shape index (κ1) is 18.5. The number of phenolic OH excluding ortho intramolecular Hbond substituents is 1. The first-order valence-corrected chi connectivity index (χ1v) is 7.91. The van der Waals surface area contributed by atoms with E-state index in [1.807, 2.05) is 6.92 Å². The van der Waals surface area contributed by atoms with Gasteiger partial charge in [0.15, 0.2) is 5.96 Å². The summed E-state index contributed by atoms with van der Waals surface area (Å²) < 4.78 is 29.4. The highest BCUT2D eigenvalue weighted by Crippen LogP contribution is 2.19. The van der Waals surface area contributed by atoms with Crippen LogP contribution in [0, 0.1) is 0 Å². The third-order valence-corrected chi connectivity index (χ3v) is 3.34. The average molecular weight is 349 g/mol. The monoisotopic (exact) mass is 349 g/mol. The highest BCUT2D eigenvalue weighted by molar-refractivity contribution is 5.79. The maximum Gasteiger partial charge on any atom is 0.387 e. The van der Waals surface area contributed by atoms with Crippen LogP contribution >= 0.6 is 0 Å². The summed E-state index contributed by atoms with van der Waals surface area (Å²) in [6, 6.07) is 13.4. The van der Waals surface area contributed by atoms with E-state index in [1.54, 1.807) is 42.5 Å². The highest BCUT2D eigenvalue weighted by atomic mass is 19.3. The first-order valence-electron chi connectivity index (χ1n) is 7.91. The van der Waals surface area contributed by atoms with Crippen LogP contribution in [0.1, 0.15) is 18.1 Å². The van der Waals surface area contributed by atoms with Crippen LogP contribution in [0.15, 0.2) is 53.5 Å². The van der Waals surface area contributed by atoms with E-state index in [-0.39, 0.29) is 11.5 Å². The Morgan fingerprint density at radius 2 is 1.84 bits per heavy atom. The molecule has 0 aromatic heterocycles. The van der Waals surface area contributed by atoms with Crippen molar-refractivity contribution in [2.75, 3.05) is 6.54 Å². The molecule has 0 aliphatic heterocycles. The van der Waals surface area contributed by atoms with Crippen molar-refractivity contribution in [2.24, 2.45) is 4.99 Å². The highest BCUT2D eigenvalue weighted by Gasteiger charge is 2.09. The molecule has 2 aromatic rings. The zero-order valence-electron chi connectivity index (χ0n) is 13.9. The normalized spacial score (nSPS) is 11.4. The largest absolute Gasteiger partial charge is 0.508 e. The van der Waals surface area contributed by atoms with Crippen molar-refractivity contribution in [2.45, 2.75) is 26.6 Å². The second kappa shape index (κ2) is 9.46. The Labute approximate surface area is 145 Å². The summed E-state index contributed by atoms with van der Waals surface area (Å²) in [5.41, 5.74) is 1.55. The van der Waals surface area contributed by atoms with Gasteiger partial charge in [0, 0.05) is 18.7 Å². The minimum Gasteiger partial charge on any atom is -0.508 e. The van der Waals surface area contributed by atoms with E-state index in [1.165, 1.54) is 6.07 Å². The molecule has 0 bridgehead atoms. The van der Waals surface area contributed by atoms with Crippen LogP contribution in [0.5, 0.6) is 11.5 Å². The van der Waals surface area contributed by atoms with E-state index in [9.17, 15) is 13.9 Å². The molecule has 0 aliphatic carbocycles. The van der Waals surface area contributed by atoms with Crippen LogP contribution in [-0.4, -0.2) is 24.2 Å². The van der Waals surface area contributed by atoms with Gasteiger partial charge in [-0.05, 0) is 30.7 Å². The van der Waals surface area contributed by atoms with Crippen molar-refractivity contribution in [3.05, 3.63) is 59.7 Å². The number of benzene rings is 2. The molecule has 0 saturated carbocycles. The lowest BCUT2D eigenvalue weighted by atomic mass is 10.2. The third kappa shape index (κ3) is 6.29. The maximum atomic E-state index is 12.5. The van der Waals surface area contributed by atoms with E-state index in [0.717, 1.165) is 5.56 Å². The Kier molecular flexibility index (Phi) is 7.00. The van der Waals surface area contributed by atoms with Crippen LogP contribution in [0.25, 0.3) is 0 Å². The molecule has 0 spiro atoms. The quantitative estimate of drug-likeness (QED) is 0.530. The van der Waals surface area contributed by atoms with Gasteiger partial charge in [0.1, 0.15) is 11.5 Å². The number of hydrogen-bond acceptors (Lipinski definition) is 3. The van der Waals surface area contributed by atoms with Gasteiger partial charge in [0.2, 0.25) is 0 Å². The Hall–Kier alpha value is -2.83. The predicted molar refractivity (Wildman–Crippen MR) is 92.8 cm³/mol. The van der Waals surface area contributed by atoms with Crippen molar-refractivity contribution < 1.29 is 18.6 Å². The van der Waals surface area contributed by atoms with Crippen LogP contribution in [0.3, 0.4) is 0 Å². The third-order valence-electron chi connectivity index (χ3n) is 3.34. The Morgan fingerprint density at radius 1 is 1.12 bits per heavy atom. The zero-order chi connectivity index (χ0) is 18.1. The summed E-state index contributed by atoms with van der Waals surface area (Å²) >= 11 is 0. The molecule has 0 fully saturated rings. The fraction of sp³-hybridized carbons (Fsp3) is 0.278. The van der Waals surface area contributed by atoms with E-state index < -0.39 is 6.61 Å². The fourth-order valence-corrected chi connectivity index (χ4v) is 2.15. The van der Waals surface area contributed by atoms with Gasteiger partial charge in [0.05, 0.1) is 6.54 Å². The maximum absolute atomic E-state index is 12.5. The number of rotatable bonds is 7. The van der Waals surface area contributed by atoms with Crippen LogP contribution in [0.2, 0.25) is 0 Å². The standard InChI is InChI=1S/C18H21F2N3O2/c1-2-21-18(22-11-13-7-9-15(24)10-8-13)23-12-14-5-3-4-6-16(14)25-17(19)20/h3-10,17,24H,2,11-12H2,1H3,(H2,21,22,23). The molecular weight excluding hydrogens is 328 g/mol. The smallest absolute Gasteiger partial charge is 0.387 e. The van der Waals surface area contributed by atoms with Crippen molar-refractivity contribution in [3.8, 4) is 11.5 Å². The van der Waals surface area contributed by atoms with Gasteiger partial charge in [-0.3, -0.25) is 0 Å². The van der Waals surface area contributed by atoms with Crippen molar-refractivity contribution >= 4 is 5.96 Å². The topological polar surface area (TPSA) is 65.9 Å². The van der Waals surface area contributed by atoms with Crippen LogP contribution in [0.4, 0.5) is 8.78 Å². The lowest BCUT2D eigenvalue weighted by molar-refractivity contribution is -0.0504. The molecule has 0 saturated heterocycles.